The number of rotatable bonds is 4. The first-order chi connectivity index (χ1) is 18.5. The van der Waals surface area contributed by atoms with E-state index in [0.717, 1.165) is 34.1 Å². The van der Waals surface area contributed by atoms with Crippen molar-refractivity contribution in [2.75, 3.05) is 9.80 Å². The Morgan fingerprint density at radius 3 is 1.56 bits per heavy atom. The van der Waals surface area contributed by atoms with Crippen LogP contribution in [0.2, 0.25) is 0 Å². The number of amides is 4. The summed E-state index contributed by atoms with van der Waals surface area (Å²) in [5, 5.41) is 0. The third-order valence-corrected chi connectivity index (χ3v) is 8.79. The van der Waals surface area contributed by atoms with Crippen molar-refractivity contribution in [1.82, 2.24) is 0 Å². The minimum atomic E-state index is -1.51. The van der Waals surface area contributed by atoms with E-state index in [2.05, 4.69) is 0 Å². The molecule has 0 spiro atoms. The topological polar surface area (TPSA) is 101 Å². The summed E-state index contributed by atoms with van der Waals surface area (Å²) in [6, 6.07) is 9.81. The smallest absolute Gasteiger partial charge is 0.310 e. The summed E-state index contributed by atoms with van der Waals surface area (Å²) in [5.74, 6) is -8.97. The molecule has 3 aliphatic carbocycles. The Bertz CT molecular complexity index is 1410. The Labute approximate surface area is 222 Å². The van der Waals surface area contributed by atoms with Crippen molar-refractivity contribution in [2.24, 2.45) is 35.0 Å². The summed E-state index contributed by atoms with van der Waals surface area (Å²) < 4.78 is 33.0. The first-order valence-electron chi connectivity index (χ1n) is 12.7. The molecule has 3 fully saturated rings. The van der Waals surface area contributed by atoms with E-state index in [1.54, 1.807) is 20.8 Å². The molecular weight excluding hydrogens is 510 g/mol. The number of halogens is 2. The number of anilines is 2. The van der Waals surface area contributed by atoms with Crippen LogP contribution in [0.4, 0.5) is 20.2 Å². The molecule has 2 aromatic rings. The van der Waals surface area contributed by atoms with Gasteiger partial charge >= 0.3 is 5.97 Å². The predicted octanol–water partition coefficient (Wildman–Crippen LogP) is 3.75. The maximum Gasteiger partial charge on any atom is 0.310 e. The molecule has 2 saturated heterocycles. The third kappa shape index (κ3) is 3.17. The van der Waals surface area contributed by atoms with Crippen LogP contribution in [0.25, 0.3) is 0 Å². The third-order valence-electron chi connectivity index (χ3n) is 8.79. The summed E-state index contributed by atoms with van der Waals surface area (Å²) in [6.07, 6.45) is 0.0306. The number of carbonyl (C=O) groups excluding carboxylic acids is 5. The van der Waals surface area contributed by atoms with Gasteiger partial charge in [-0.05, 0) is 61.0 Å². The minimum absolute atomic E-state index is 0.0306. The Kier molecular flexibility index (Phi) is 5.40. The minimum Gasteiger partial charge on any atom is -0.430 e. The lowest BCUT2D eigenvalue weighted by atomic mass is 9.45. The normalized spacial score (nSPS) is 31.3. The van der Waals surface area contributed by atoms with Gasteiger partial charge in [-0.1, -0.05) is 13.8 Å². The van der Waals surface area contributed by atoms with Gasteiger partial charge in [-0.25, -0.2) is 8.78 Å². The van der Waals surface area contributed by atoms with Crippen molar-refractivity contribution in [3.05, 3.63) is 71.5 Å². The number of esters is 1. The highest BCUT2D eigenvalue weighted by Gasteiger charge is 2.77. The Hall–Kier alpha value is -4.21. The maximum absolute atomic E-state index is 14.0. The fourth-order valence-electron chi connectivity index (χ4n) is 7.25. The molecule has 0 radical (unpaired) electrons. The van der Waals surface area contributed by atoms with E-state index in [4.69, 9.17) is 4.74 Å². The molecule has 39 heavy (non-hydrogen) atoms. The molecule has 8 nitrogen and oxygen atoms in total. The van der Waals surface area contributed by atoms with E-state index in [9.17, 15) is 32.8 Å². The molecule has 2 aromatic carbocycles. The van der Waals surface area contributed by atoms with Crippen LogP contribution in [0, 0.1) is 46.6 Å². The lowest BCUT2D eigenvalue weighted by molar-refractivity contribution is -0.160. The molecule has 2 aliphatic heterocycles. The Morgan fingerprint density at radius 1 is 0.769 bits per heavy atom. The molecule has 5 aliphatic rings. The summed E-state index contributed by atoms with van der Waals surface area (Å²) in [7, 11) is 0. The molecule has 10 heteroatoms. The van der Waals surface area contributed by atoms with Gasteiger partial charge in [0, 0.05) is 12.3 Å². The van der Waals surface area contributed by atoms with Gasteiger partial charge in [0.2, 0.25) is 23.6 Å². The van der Waals surface area contributed by atoms with E-state index < -0.39 is 76.2 Å². The zero-order chi connectivity index (χ0) is 28.0. The molecule has 2 heterocycles. The first-order valence-corrected chi connectivity index (χ1v) is 12.7. The summed E-state index contributed by atoms with van der Waals surface area (Å²) in [5.41, 5.74) is -0.707. The highest BCUT2D eigenvalue weighted by atomic mass is 19.1. The van der Waals surface area contributed by atoms with Gasteiger partial charge in [-0.2, -0.15) is 0 Å². The van der Waals surface area contributed by atoms with Crippen molar-refractivity contribution < 1.29 is 37.5 Å². The summed E-state index contributed by atoms with van der Waals surface area (Å²) >= 11 is 0. The standard InChI is InChI=1S/C29H24F2N2O6/c1-4-18(34)39-24-13(2)19-20-22(27(37)32(25(20)35)16-9-5-14(30)6-10-16)29(24,3)23-21(19)26(36)33(28(23)38)17-11-7-15(31)8-12-17/h5-12,19-23H,4H2,1-3H3/t19?,20-,21-,22-,23-,29?/m1/s1. The number of ether oxygens (including phenoxy) is 1. The van der Waals surface area contributed by atoms with Crippen molar-refractivity contribution in [2.45, 2.75) is 27.2 Å². The van der Waals surface area contributed by atoms with Gasteiger partial charge in [-0.3, -0.25) is 33.8 Å². The van der Waals surface area contributed by atoms with Gasteiger partial charge < -0.3 is 4.74 Å². The fourth-order valence-corrected chi connectivity index (χ4v) is 7.25. The van der Waals surface area contributed by atoms with Crippen LogP contribution in [0.15, 0.2) is 59.9 Å². The highest BCUT2D eigenvalue weighted by Crippen LogP contribution is 2.68. The monoisotopic (exact) mass is 534 g/mol. The van der Waals surface area contributed by atoms with Gasteiger partial charge in [0.15, 0.2) is 0 Å². The largest absolute Gasteiger partial charge is 0.430 e. The average Bonchev–Trinajstić information content (AvgIpc) is 3.33. The van der Waals surface area contributed by atoms with Crippen molar-refractivity contribution >= 4 is 41.0 Å². The molecule has 0 aromatic heterocycles. The zero-order valence-electron chi connectivity index (χ0n) is 21.3. The number of imide groups is 2. The number of carbonyl (C=O) groups is 5. The van der Waals surface area contributed by atoms with E-state index in [0.29, 0.717) is 5.57 Å². The second kappa shape index (κ2) is 8.39. The highest BCUT2D eigenvalue weighted by molar-refractivity contribution is 6.27. The fraction of sp³-hybridized carbons (Fsp3) is 0.345. The van der Waals surface area contributed by atoms with Gasteiger partial charge in [-0.15, -0.1) is 0 Å². The summed E-state index contributed by atoms with van der Waals surface area (Å²) in [6.45, 7) is 4.86. The van der Waals surface area contributed by atoms with Gasteiger partial charge in [0.1, 0.15) is 17.4 Å². The van der Waals surface area contributed by atoms with E-state index >= 15 is 0 Å². The second-order valence-electron chi connectivity index (χ2n) is 10.6. The quantitative estimate of drug-likeness (QED) is 0.438. The summed E-state index contributed by atoms with van der Waals surface area (Å²) in [4.78, 5) is 70.2. The van der Waals surface area contributed by atoms with Crippen molar-refractivity contribution in [3.8, 4) is 0 Å². The molecule has 4 atom stereocenters. The van der Waals surface area contributed by atoms with E-state index in [-0.39, 0.29) is 23.6 Å². The SMILES string of the molecule is CCC(=O)OC1=C(C)C2[C@H]3C(=O)N(c4ccc(F)cc4)C(=O)[C@@H]3C1(C)[C@H]1C(=O)N(c3ccc(F)cc3)C(=O)[C@H]21. The van der Waals surface area contributed by atoms with Crippen LogP contribution in [0.5, 0.6) is 0 Å². The molecule has 0 unspecified atom stereocenters. The van der Waals surface area contributed by atoms with Crippen LogP contribution in [-0.2, 0) is 28.7 Å². The predicted molar refractivity (Wildman–Crippen MR) is 132 cm³/mol. The molecule has 2 bridgehead atoms. The lowest BCUT2D eigenvalue weighted by Gasteiger charge is -2.55. The van der Waals surface area contributed by atoms with Crippen LogP contribution >= 0.6 is 0 Å². The van der Waals surface area contributed by atoms with Crippen LogP contribution in [0.1, 0.15) is 27.2 Å². The molecule has 7 rings (SSSR count). The van der Waals surface area contributed by atoms with Gasteiger partial charge in [0.25, 0.3) is 0 Å². The maximum atomic E-state index is 14.0. The van der Waals surface area contributed by atoms with Crippen LogP contribution in [-0.4, -0.2) is 29.6 Å². The molecule has 1 saturated carbocycles. The van der Waals surface area contributed by atoms with Crippen LogP contribution in [0.3, 0.4) is 0 Å². The number of hydrogen-bond donors (Lipinski definition) is 0. The van der Waals surface area contributed by atoms with E-state index in [1.165, 1.54) is 24.3 Å². The van der Waals surface area contributed by atoms with Crippen LogP contribution < -0.4 is 9.80 Å². The van der Waals surface area contributed by atoms with Crippen molar-refractivity contribution in [1.29, 1.82) is 0 Å². The van der Waals surface area contributed by atoms with E-state index in [1.807, 2.05) is 0 Å². The number of nitrogens with zero attached hydrogens (tertiary/aromatic N) is 2. The molecule has 4 amide bonds. The molecule has 200 valence electrons. The second-order valence-corrected chi connectivity index (χ2v) is 10.6. The molecule has 0 N–H and O–H groups in total. The molecular formula is C29H24F2N2O6. The average molecular weight is 535 g/mol. The van der Waals surface area contributed by atoms with Crippen molar-refractivity contribution in [3.63, 3.8) is 0 Å². The number of benzene rings is 2. The Morgan fingerprint density at radius 2 is 1.18 bits per heavy atom. The first kappa shape index (κ1) is 25.1. The zero-order valence-corrected chi connectivity index (χ0v) is 21.3. The van der Waals surface area contributed by atoms with Gasteiger partial charge in [0.05, 0.1) is 40.5 Å². The number of hydrogen-bond acceptors (Lipinski definition) is 6. The Balaban J connectivity index is 1.53. The lowest BCUT2D eigenvalue weighted by Crippen LogP contribution is -2.60. The number of allylic oxidation sites excluding steroid dienone is 2.